The lowest BCUT2D eigenvalue weighted by molar-refractivity contribution is -0.142. The van der Waals surface area contributed by atoms with Gasteiger partial charge in [0.15, 0.2) is 9.84 Å². The number of sulfone groups is 1. The van der Waals surface area contributed by atoms with Crippen molar-refractivity contribution in [3.05, 3.63) is 23.3 Å². The highest BCUT2D eigenvalue weighted by Crippen LogP contribution is 2.32. The molecular weight excluding hydrogens is 354 g/mol. The fourth-order valence-corrected chi connectivity index (χ4v) is 6.05. The first-order valence-corrected chi connectivity index (χ1v) is 10.7. The van der Waals surface area contributed by atoms with E-state index in [9.17, 15) is 26.7 Å². The highest BCUT2D eigenvalue weighted by Gasteiger charge is 2.41. The van der Waals surface area contributed by atoms with Gasteiger partial charge in [-0.1, -0.05) is 6.92 Å². The molecule has 1 aliphatic heterocycles. The number of carboxylic acid groups (broad SMARTS) is 1. The summed E-state index contributed by atoms with van der Waals surface area (Å²) in [6.07, 6.45) is 1.03. The van der Waals surface area contributed by atoms with Gasteiger partial charge in [-0.05, 0) is 43.0 Å². The van der Waals surface area contributed by atoms with Crippen molar-refractivity contribution in [3.63, 3.8) is 0 Å². The Hall–Kier alpha value is -1.45. The van der Waals surface area contributed by atoms with Gasteiger partial charge in [-0.15, -0.1) is 0 Å². The van der Waals surface area contributed by atoms with E-state index in [-0.39, 0.29) is 34.4 Å². The van der Waals surface area contributed by atoms with Gasteiger partial charge in [0.2, 0.25) is 10.0 Å². The Morgan fingerprint density at radius 1 is 1.12 bits per heavy atom. The van der Waals surface area contributed by atoms with Crippen molar-refractivity contribution in [1.29, 1.82) is 0 Å². The van der Waals surface area contributed by atoms with Gasteiger partial charge >= 0.3 is 5.97 Å². The third-order valence-electron chi connectivity index (χ3n) is 4.37. The predicted octanol–water partition coefficient (Wildman–Crippen LogP) is 1.05. The molecule has 0 bridgehead atoms. The second-order valence-corrected chi connectivity index (χ2v) is 10.3. The number of hydrogen-bond acceptors (Lipinski definition) is 5. The van der Waals surface area contributed by atoms with Gasteiger partial charge in [0, 0.05) is 19.3 Å². The van der Waals surface area contributed by atoms with Gasteiger partial charge in [-0.2, -0.15) is 4.31 Å². The van der Waals surface area contributed by atoms with E-state index in [0.717, 1.165) is 10.6 Å². The zero-order chi connectivity index (χ0) is 18.4. The molecule has 7 nitrogen and oxygen atoms in total. The monoisotopic (exact) mass is 375 g/mol. The van der Waals surface area contributed by atoms with E-state index in [1.165, 1.54) is 19.1 Å². The molecule has 0 amide bonds. The van der Waals surface area contributed by atoms with Crippen LogP contribution in [-0.2, 0) is 24.7 Å². The molecule has 0 unspecified atom stereocenters. The smallest absolute Gasteiger partial charge is 0.308 e. The first-order valence-electron chi connectivity index (χ1n) is 7.40. The molecule has 1 saturated heterocycles. The molecular formula is C15H21NO6S2. The summed E-state index contributed by atoms with van der Waals surface area (Å²) in [6.45, 7) is 4.76. The zero-order valence-corrected chi connectivity index (χ0v) is 15.6. The lowest BCUT2D eigenvalue weighted by atomic mass is 9.99. The van der Waals surface area contributed by atoms with Crippen LogP contribution in [-0.4, -0.2) is 51.6 Å². The molecule has 1 N–H and O–H groups in total. The van der Waals surface area contributed by atoms with Crippen LogP contribution in [0.3, 0.4) is 0 Å². The van der Waals surface area contributed by atoms with E-state index in [1.807, 2.05) is 0 Å². The molecule has 0 radical (unpaired) electrons. The summed E-state index contributed by atoms with van der Waals surface area (Å²) < 4.78 is 50.8. The van der Waals surface area contributed by atoms with E-state index in [0.29, 0.717) is 5.56 Å². The lowest BCUT2D eigenvalue weighted by Gasteiger charge is -2.19. The molecule has 0 spiro atoms. The molecule has 0 saturated carbocycles. The minimum atomic E-state index is -3.97. The molecule has 2 atom stereocenters. The molecule has 0 aromatic heterocycles. The molecule has 1 fully saturated rings. The number of aliphatic carboxylic acids is 1. The van der Waals surface area contributed by atoms with Crippen LogP contribution in [0.15, 0.2) is 21.9 Å². The number of benzene rings is 1. The number of carbonyl (C=O) groups is 1. The van der Waals surface area contributed by atoms with Crippen molar-refractivity contribution in [1.82, 2.24) is 4.31 Å². The van der Waals surface area contributed by atoms with Crippen molar-refractivity contribution >= 4 is 25.8 Å². The third kappa shape index (κ3) is 3.33. The van der Waals surface area contributed by atoms with Crippen molar-refractivity contribution in [2.24, 2.45) is 11.8 Å². The molecule has 1 aromatic carbocycles. The highest BCUT2D eigenvalue weighted by atomic mass is 32.2. The van der Waals surface area contributed by atoms with Crippen LogP contribution in [0.25, 0.3) is 0 Å². The Morgan fingerprint density at radius 3 is 2.12 bits per heavy atom. The highest BCUT2D eigenvalue weighted by molar-refractivity contribution is 7.91. The average Bonchev–Trinajstić information content (AvgIpc) is 2.82. The molecule has 1 aromatic rings. The van der Waals surface area contributed by atoms with Gasteiger partial charge < -0.3 is 5.11 Å². The summed E-state index contributed by atoms with van der Waals surface area (Å²) >= 11 is 0. The second kappa shape index (κ2) is 6.12. The normalized spacial score (nSPS) is 22.7. The Kier molecular flexibility index (Phi) is 4.82. The Balaban J connectivity index is 2.56. The number of rotatable bonds is 4. The number of aryl methyl sites for hydroxylation is 1. The fraction of sp³-hybridized carbons (Fsp3) is 0.533. The van der Waals surface area contributed by atoms with Crippen molar-refractivity contribution < 1.29 is 26.7 Å². The maximum absolute atomic E-state index is 12.9. The summed E-state index contributed by atoms with van der Waals surface area (Å²) in [5.41, 5.74) is 0.677. The first kappa shape index (κ1) is 18.9. The van der Waals surface area contributed by atoms with E-state index in [1.54, 1.807) is 13.8 Å². The molecule has 134 valence electrons. The number of hydrogen-bond donors (Lipinski definition) is 1. The molecule has 1 heterocycles. The molecule has 9 heteroatoms. The van der Waals surface area contributed by atoms with Crippen LogP contribution < -0.4 is 0 Å². The Morgan fingerprint density at radius 2 is 1.67 bits per heavy atom. The predicted molar refractivity (Wildman–Crippen MR) is 88.1 cm³/mol. The van der Waals surface area contributed by atoms with Crippen LogP contribution in [0.4, 0.5) is 0 Å². The molecule has 2 rings (SSSR count). The largest absolute Gasteiger partial charge is 0.481 e. The minimum Gasteiger partial charge on any atom is -0.481 e. The third-order valence-corrected chi connectivity index (χ3v) is 7.55. The molecule has 24 heavy (non-hydrogen) atoms. The van der Waals surface area contributed by atoms with E-state index in [4.69, 9.17) is 0 Å². The van der Waals surface area contributed by atoms with Crippen LogP contribution in [0.2, 0.25) is 0 Å². The number of carboxylic acids is 1. The topological polar surface area (TPSA) is 109 Å². The first-order chi connectivity index (χ1) is 10.9. The summed E-state index contributed by atoms with van der Waals surface area (Å²) in [7, 11) is -7.54. The van der Waals surface area contributed by atoms with Crippen LogP contribution >= 0.6 is 0 Å². The van der Waals surface area contributed by atoms with Crippen LogP contribution in [0.1, 0.15) is 18.1 Å². The van der Waals surface area contributed by atoms with E-state index < -0.39 is 31.7 Å². The quantitative estimate of drug-likeness (QED) is 0.842. The van der Waals surface area contributed by atoms with Crippen molar-refractivity contribution in [3.8, 4) is 0 Å². The maximum atomic E-state index is 12.9. The zero-order valence-electron chi connectivity index (χ0n) is 14.0. The summed E-state index contributed by atoms with van der Waals surface area (Å²) in [6, 6.07) is 2.87. The van der Waals surface area contributed by atoms with Crippen LogP contribution in [0.5, 0.6) is 0 Å². The van der Waals surface area contributed by atoms with Gasteiger partial charge in [0.25, 0.3) is 0 Å². The minimum absolute atomic E-state index is 0.0249. The van der Waals surface area contributed by atoms with Gasteiger partial charge in [-0.3, -0.25) is 4.79 Å². The van der Waals surface area contributed by atoms with E-state index in [2.05, 4.69) is 0 Å². The number of nitrogens with zero attached hydrogens (tertiary/aromatic N) is 1. The van der Waals surface area contributed by atoms with E-state index >= 15 is 0 Å². The summed E-state index contributed by atoms with van der Waals surface area (Å²) in [4.78, 5) is 11.1. The molecule has 0 aliphatic carbocycles. The second-order valence-electron chi connectivity index (χ2n) is 6.40. The van der Waals surface area contributed by atoms with Gasteiger partial charge in [0.1, 0.15) is 0 Å². The summed E-state index contributed by atoms with van der Waals surface area (Å²) in [5.74, 6) is -2.10. The summed E-state index contributed by atoms with van der Waals surface area (Å²) in [5, 5.41) is 9.19. The van der Waals surface area contributed by atoms with Gasteiger partial charge in [-0.25, -0.2) is 16.8 Å². The van der Waals surface area contributed by atoms with Crippen molar-refractivity contribution in [2.75, 3.05) is 19.3 Å². The maximum Gasteiger partial charge on any atom is 0.308 e. The van der Waals surface area contributed by atoms with Crippen LogP contribution in [0, 0.1) is 25.7 Å². The Labute approximate surface area is 142 Å². The standard InChI is InChI=1S/C15H21NO6S2/c1-9-5-13(23(4,19)20)11(3)14(6-9)24(21,22)16-7-10(2)12(8-16)15(17)18/h5-6,10,12H,7-8H2,1-4H3,(H,17,18)/t10-,12-/m1/s1. The van der Waals surface area contributed by atoms with Gasteiger partial charge in [0.05, 0.1) is 15.7 Å². The van der Waals surface area contributed by atoms with Crippen molar-refractivity contribution in [2.45, 2.75) is 30.6 Å². The average molecular weight is 375 g/mol. The SMILES string of the molecule is Cc1cc(S(C)(=O)=O)c(C)c(S(=O)(=O)N2C[C@@H](C)[C@H](C(=O)O)C2)c1. The fourth-order valence-electron chi connectivity index (χ4n) is 3.03. The lowest BCUT2D eigenvalue weighted by Crippen LogP contribution is -2.31. The molecule has 1 aliphatic rings. The Bertz CT molecular complexity index is 889. The number of sulfonamides is 1.